The summed E-state index contributed by atoms with van der Waals surface area (Å²) in [4.78, 5) is 27.2. The van der Waals surface area contributed by atoms with Crippen LogP contribution in [0.3, 0.4) is 0 Å². The van der Waals surface area contributed by atoms with E-state index < -0.39 is 0 Å². The zero-order valence-corrected chi connectivity index (χ0v) is 22.5. The SMILES string of the molecule is COc1cc(/C=C2\SC(=O)N(Cc3ccc(C)cc3)C2=O)c(Br)c(Br)c1OCc1ccccc1. The minimum atomic E-state index is -0.318. The number of imide groups is 1. The number of halogens is 2. The van der Waals surface area contributed by atoms with Crippen molar-refractivity contribution in [1.29, 1.82) is 0 Å². The number of carbonyl (C=O) groups is 2. The molecular formula is C26H21Br2NO4S. The van der Waals surface area contributed by atoms with Crippen molar-refractivity contribution < 1.29 is 19.1 Å². The Morgan fingerprint density at radius 1 is 0.971 bits per heavy atom. The lowest BCUT2D eigenvalue weighted by Crippen LogP contribution is -2.27. The number of thioether (sulfide) groups is 1. The van der Waals surface area contributed by atoms with E-state index in [2.05, 4.69) is 31.9 Å². The van der Waals surface area contributed by atoms with Gasteiger partial charge in [0.1, 0.15) is 6.61 Å². The Morgan fingerprint density at radius 2 is 1.68 bits per heavy atom. The first-order chi connectivity index (χ1) is 16.4. The van der Waals surface area contributed by atoms with Gasteiger partial charge in [-0.2, -0.15) is 0 Å². The molecule has 0 spiro atoms. The third-order valence-electron chi connectivity index (χ3n) is 5.22. The number of hydrogen-bond donors (Lipinski definition) is 0. The van der Waals surface area contributed by atoms with Crippen molar-refractivity contribution in [3.05, 3.63) is 96.8 Å². The van der Waals surface area contributed by atoms with Gasteiger partial charge < -0.3 is 9.47 Å². The van der Waals surface area contributed by atoms with Gasteiger partial charge in [0.25, 0.3) is 11.1 Å². The van der Waals surface area contributed by atoms with Gasteiger partial charge in [-0.3, -0.25) is 14.5 Å². The summed E-state index contributed by atoms with van der Waals surface area (Å²) in [6.07, 6.45) is 1.69. The summed E-state index contributed by atoms with van der Waals surface area (Å²) < 4.78 is 12.9. The number of rotatable bonds is 7. The number of methoxy groups -OCH3 is 1. The zero-order valence-electron chi connectivity index (χ0n) is 18.5. The molecule has 0 aliphatic carbocycles. The van der Waals surface area contributed by atoms with Crippen LogP contribution in [0.25, 0.3) is 6.08 Å². The van der Waals surface area contributed by atoms with E-state index in [-0.39, 0.29) is 17.7 Å². The van der Waals surface area contributed by atoms with Gasteiger partial charge in [0.15, 0.2) is 11.5 Å². The lowest BCUT2D eigenvalue weighted by atomic mass is 10.1. The first kappa shape index (κ1) is 24.6. The van der Waals surface area contributed by atoms with Crippen molar-refractivity contribution >= 4 is 60.8 Å². The van der Waals surface area contributed by atoms with Crippen LogP contribution in [-0.2, 0) is 17.9 Å². The summed E-state index contributed by atoms with van der Waals surface area (Å²) >= 11 is 8.11. The molecule has 3 aromatic rings. The van der Waals surface area contributed by atoms with Gasteiger partial charge in [0.2, 0.25) is 0 Å². The van der Waals surface area contributed by atoms with Gasteiger partial charge in [-0.1, -0.05) is 60.2 Å². The highest BCUT2D eigenvalue weighted by atomic mass is 79.9. The van der Waals surface area contributed by atoms with E-state index in [0.29, 0.717) is 37.5 Å². The van der Waals surface area contributed by atoms with Crippen LogP contribution in [0.4, 0.5) is 4.79 Å². The third kappa shape index (κ3) is 5.40. The quantitative estimate of drug-likeness (QED) is 0.265. The van der Waals surface area contributed by atoms with E-state index in [4.69, 9.17) is 9.47 Å². The molecule has 174 valence electrons. The average molecular weight is 603 g/mol. The Morgan fingerprint density at radius 3 is 2.35 bits per heavy atom. The molecule has 3 aromatic carbocycles. The van der Waals surface area contributed by atoms with Crippen molar-refractivity contribution in [1.82, 2.24) is 4.90 Å². The molecule has 1 heterocycles. The normalized spacial score (nSPS) is 14.7. The van der Waals surface area contributed by atoms with Gasteiger partial charge in [0, 0.05) is 4.47 Å². The van der Waals surface area contributed by atoms with Crippen LogP contribution in [-0.4, -0.2) is 23.2 Å². The highest BCUT2D eigenvalue weighted by molar-refractivity contribution is 9.13. The van der Waals surface area contributed by atoms with Crippen molar-refractivity contribution in [3.63, 3.8) is 0 Å². The van der Waals surface area contributed by atoms with Crippen LogP contribution in [0.5, 0.6) is 11.5 Å². The van der Waals surface area contributed by atoms with Crippen LogP contribution < -0.4 is 9.47 Å². The van der Waals surface area contributed by atoms with E-state index >= 15 is 0 Å². The lowest BCUT2D eigenvalue weighted by Gasteiger charge is -2.16. The summed E-state index contributed by atoms with van der Waals surface area (Å²) in [6, 6.07) is 19.4. The van der Waals surface area contributed by atoms with Gasteiger partial charge in [-0.25, -0.2) is 0 Å². The predicted molar refractivity (Wildman–Crippen MR) is 142 cm³/mol. The van der Waals surface area contributed by atoms with Crippen LogP contribution in [0.2, 0.25) is 0 Å². The molecule has 0 atom stereocenters. The van der Waals surface area contributed by atoms with Crippen molar-refractivity contribution in [3.8, 4) is 11.5 Å². The van der Waals surface area contributed by atoms with Crippen LogP contribution in [0.1, 0.15) is 22.3 Å². The fourth-order valence-electron chi connectivity index (χ4n) is 3.38. The Bertz CT molecular complexity index is 1260. The minimum Gasteiger partial charge on any atom is -0.493 e. The highest BCUT2D eigenvalue weighted by Crippen LogP contribution is 2.45. The number of benzene rings is 3. The van der Waals surface area contributed by atoms with Gasteiger partial charge in [-0.15, -0.1) is 0 Å². The Balaban J connectivity index is 1.58. The molecule has 0 N–H and O–H groups in total. The van der Waals surface area contributed by atoms with Crippen LogP contribution in [0, 0.1) is 6.92 Å². The summed E-state index contributed by atoms with van der Waals surface area (Å²) in [6.45, 7) is 2.61. The molecule has 34 heavy (non-hydrogen) atoms. The molecular weight excluding hydrogens is 582 g/mol. The fraction of sp³-hybridized carbons (Fsp3) is 0.154. The van der Waals surface area contributed by atoms with Gasteiger partial charge in [-0.05, 0) is 79.4 Å². The third-order valence-corrected chi connectivity index (χ3v) is 8.27. The topological polar surface area (TPSA) is 55.8 Å². The van der Waals surface area contributed by atoms with Gasteiger partial charge in [0.05, 0.1) is 23.0 Å². The molecule has 0 unspecified atom stereocenters. The maximum atomic E-state index is 13.0. The smallest absolute Gasteiger partial charge is 0.293 e. The number of hydrogen-bond acceptors (Lipinski definition) is 5. The van der Waals surface area contributed by atoms with E-state index in [0.717, 1.165) is 28.5 Å². The summed E-state index contributed by atoms with van der Waals surface area (Å²) in [5.74, 6) is 0.737. The van der Waals surface area contributed by atoms with Gasteiger partial charge >= 0.3 is 0 Å². The Labute approximate surface area is 219 Å². The van der Waals surface area contributed by atoms with E-state index in [1.807, 2.05) is 61.5 Å². The Hall–Kier alpha value is -2.55. The van der Waals surface area contributed by atoms with Crippen molar-refractivity contribution in [2.75, 3.05) is 7.11 Å². The number of ether oxygens (including phenoxy) is 2. The van der Waals surface area contributed by atoms with E-state index in [1.54, 1.807) is 19.3 Å². The minimum absolute atomic E-state index is 0.239. The predicted octanol–water partition coefficient (Wildman–Crippen LogP) is 7.34. The summed E-state index contributed by atoms with van der Waals surface area (Å²) in [7, 11) is 1.56. The first-order valence-electron chi connectivity index (χ1n) is 10.4. The molecule has 2 amide bonds. The second kappa shape index (κ2) is 10.8. The van der Waals surface area contributed by atoms with E-state index in [1.165, 1.54) is 4.90 Å². The Kier molecular flexibility index (Phi) is 7.80. The monoisotopic (exact) mass is 601 g/mol. The molecule has 1 aliphatic heterocycles. The molecule has 5 nitrogen and oxygen atoms in total. The maximum Gasteiger partial charge on any atom is 0.293 e. The molecule has 4 rings (SSSR count). The average Bonchev–Trinajstić information content (AvgIpc) is 3.10. The second-order valence-electron chi connectivity index (χ2n) is 7.65. The maximum absolute atomic E-state index is 13.0. The molecule has 1 fully saturated rings. The molecule has 0 saturated carbocycles. The highest BCUT2D eigenvalue weighted by Gasteiger charge is 2.35. The zero-order chi connectivity index (χ0) is 24.2. The standard InChI is InChI=1S/C26H21Br2NO4S/c1-16-8-10-17(11-9-16)14-29-25(30)21(34-26(29)31)13-19-12-20(32-2)24(23(28)22(19)27)33-15-18-6-4-3-5-7-18/h3-13H,14-15H2,1-2H3/b21-13-. The second-order valence-corrected chi connectivity index (χ2v) is 10.2. The first-order valence-corrected chi connectivity index (χ1v) is 12.8. The lowest BCUT2D eigenvalue weighted by molar-refractivity contribution is -0.123. The molecule has 0 aromatic heterocycles. The van der Waals surface area contributed by atoms with Crippen molar-refractivity contribution in [2.24, 2.45) is 0 Å². The number of nitrogens with zero attached hydrogens (tertiary/aromatic N) is 1. The van der Waals surface area contributed by atoms with E-state index in [9.17, 15) is 9.59 Å². The number of amides is 2. The molecule has 0 radical (unpaired) electrons. The molecule has 0 bridgehead atoms. The summed E-state index contributed by atoms with van der Waals surface area (Å²) in [5, 5.41) is -0.290. The summed E-state index contributed by atoms with van der Waals surface area (Å²) in [5.41, 5.74) is 3.74. The molecule has 1 saturated heterocycles. The largest absolute Gasteiger partial charge is 0.493 e. The van der Waals surface area contributed by atoms with Crippen molar-refractivity contribution in [2.45, 2.75) is 20.1 Å². The van der Waals surface area contributed by atoms with Crippen LogP contribution in [0.15, 0.2) is 74.5 Å². The number of aryl methyl sites for hydroxylation is 1. The molecule has 8 heteroatoms. The molecule has 1 aliphatic rings. The fourth-order valence-corrected chi connectivity index (χ4v) is 5.16. The van der Waals surface area contributed by atoms with Crippen LogP contribution >= 0.6 is 43.6 Å². The number of carbonyl (C=O) groups excluding carboxylic acids is 2.